The third-order valence-corrected chi connectivity index (χ3v) is 3.38. The maximum atomic E-state index is 11.8. The van der Waals surface area contributed by atoms with Crippen molar-refractivity contribution < 1.29 is 23.9 Å². The molecule has 1 aliphatic rings. The predicted octanol–water partition coefficient (Wildman–Crippen LogP) is 0.533. The van der Waals surface area contributed by atoms with Crippen molar-refractivity contribution in [1.82, 2.24) is 10.2 Å². The van der Waals surface area contributed by atoms with Gasteiger partial charge < -0.3 is 19.7 Å². The van der Waals surface area contributed by atoms with Gasteiger partial charge in [0.1, 0.15) is 0 Å². The Morgan fingerprint density at radius 2 is 1.90 bits per heavy atom. The third kappa shape index (κ3) is 4.71. The lowest BCUT2D eigenvalue weighted by Gasteiger charge is -2.37. The largest absolute Gasteiger partial charge is 0.469 e. The van der Waals surface area contributed by atoms with E-state index in [0.29, 0.717) is 25.9 Å². The van der Waals surface area contributed by atoms with Gasteiger partial charge in [0, 0.05) is 19.5 Å². The van der Waals surface area contributed by atoms with E-state index < -0.39 is 6.09 Å². The second kappa shape index (κ2) is 7.72. The summed E-state index contributed by atoms with van der Waals surface area (Å²) in [5.41, 5.74) is 0. The fourth-order valence-corrected chi connectivity index (χ4v) is 2.43. The van der Waals surface area contributed by atoms with Gasteiger partial charge >= 0.3 is 12.1 Å². The van der Waals surface area contributed by atoms with Crippen LogP contribution in [0.3, 0.4) is 0 Å². The zero-order chi connectivity index (χ0) is 15.1. The van der Waals surface area contributed by atoms with Crippen LogP contribution in [0.15, 0.2) is 0 Å². The highest BCUT2D eigenvalue weighted by Crippen LogP contribution is 2.21. The van der Waals surface area contributed by atoms with Gasteiger partial charge in [0.05, 0.1) is 26.7 Å². The van der Waals surface area contributed by atoms with Crippen LogP contribution in [0, 0.1) is 5.92 Å². The molecule has 1 fully saturated rings. The predicted molar refractivity (Wildman–Crippen MR) is 70.9 cm³/mol. The fourth-order valence-electron chi connectivity index (χ4n) is 2.43. The van der Waals surface area contributed by atoms with Crippen molar-refractivity contribution in [2.45, 2.75) is 32.2 Å². The number of alkyl carbamates (subject to hydrolysis) is 1. The Bertz CT molecular complexity index is 346. The number of piperidine rings is 1. The zero-order valence-electron chi connectivity index (χ0n) is 12.2. The zero-order valence-corrected chi connectivity index (χ0v) is 12.2. The first-order valence-electron chi connectivity index (χ1n) is 6.69. The average molecular weight is 286 g/mol. The van der Waals surface area contributed by atoms with Gasteiger partial charge in [-0.1, -0.05) is 6.92 Å². The van der Waals surface area contributed by atoms with E-state index in [-0.39, 0.29) is 30.3 Å². The molecule has 1 saturated heterocycles. The maximum Gasteiger partial charge on any atom is 0.407 e. The number of esters is 1. The van der Waals surface area contributed by atoms with E-state index in [4.69, 9.17) is 0 Å². The summed E-state index contributed by atoms with van der Waals surface area (Å²) in [6.07, 6.45) is 0.731. The Morgan fingerprint density at radius 1 is 1.20 bits per heavy atom. The van der Waals surface area contributed by atoms with Crippen LogP contribution in [0.25, 0.3) is 0 Å². The molecule has 1 aliphatic heterocycles. The highest BCUT2D eigenvalue weighted by molar-refractivity contribution is 5.76. The van der Waals surface area contributed by atoms with Crippen molar-refractivity contribution in [2.75, 3.05) is 27.3 Å². The minimum Gasteiger partial charge on any atom is -0.469 e. The second-order valence-corrected chi connectivity index (χ2v) is 4.87. The standard InChI is InChI=1S/C13H22N2O5/c1-4-11(16)15-7-9(6-12(17)19-2)5-10(8-15)14-13(18)20-3/h9-10H,4-8H2,1-3H3,(H,14,18). The Kier molecular flexibility index (Phi) is 6.27. The fraction of sp³-hybridized carbons (Fsp3) is 0.769. The van der Waals surface area contributed by atoms with Gasteiger partial charge in [0.2, 0.25) is 5.91 Å². The molecule has 1 heterocycles. The van der Waals surface area contributed by atoms with E-state index in [1.807, 2.05) is 0 Å². The molecule has 7 heteroatoms. The van der Waals surface area contributed by atoms with Crippen LogP contribution in [-0.4, -0.2) is 56.2 Å². The number of ether oxygens (including phenoxy) is 2. The smallest absolute Gasteiger partial charge is 0.407 e. The van der Waals surface area contributed by atoms with E-state index in [0.717, 1.165) is 0 Å². The molecule has 0 bridgehead atoms. The first kappa shape index (κ1) is 16.3. The molecular formula is C13H22N2O5. The molecule has 114 valence electrons. The number of nitrogens with zero attached hydrogens (tertiary/aromatic N) is 1. The highest BCUT2D eigenvalue weighted by atomic mass is 16.5. The number of rotatable bonds is 4. The van der Waals surface area contributed by atoms with Crippen molar-refractivity contribution in [1.29, 1.82) is 0 Å². The number of methoxy groups -OCH3 is 2. The summed E-state index contributed by atoms with van der Waals surface area (Å²) in [5, 5.41) is 2.69. The molecule has 7 nitrogen and oxygen atoms in total. The monoisotopic (exact) mass is 286 g/mol. The summed E-state index contributed by atoms with van der Waals surface area (Å²) in [6, 6.07) is -0.207. The number of amides is 2. The van der Waals surface area contributed by atoms with E-state index in [2.05, 4.69) is 14.8 Å². The molecule has 2 amide bonds. The summed E-state index contributed by atoms with van der Waals surface area (Å²) >= 11 is 0. The van der Waals surface area contributed by atoms with E-state index in [1.54, 1.807) is 11.8 Å². The lowest BCUT2D eigenvalue weighted by Crippen LogP contribution is -2.52. The molecule has 0 aromatic heterocycles. The molecule has 1 rings (SSSR count). The van der Waals surface area contributed by atoms with Crippen molar-refractivity contribution in [3.63, 3.8) is 0 Å². The van der Waals surface area contributed by atoms with Gasteiger partial charge in [-0.2, -0.15) is 0 Å². The highest BCUT2D eigenvalue weighted by Gasteiger charge is 2.31. The molecule has 0 radical (unpaired) electrons. The molecular weight excluding hydrogens is 264 g/mol. The molecule has 0 aromatic rings. The third-order valence-electron chi connectivity index (χ3n) is 3.38. The molecule has 2 atom stereocenters. The average Bonchev–Trinajstić information content (AvgIpc) is 2.45. The number of carbonyl (C=O) groups is 3. The van der Waals surface area contributed by atoms with Gasteiger partial charge in [-0.3, -0.25) is 9.59 Å². The minimum absolute atomic E-state index is 0.0104. The Labute approximate surface area is 118 Å². The summed E-state index contributed by atoms with van der Waals surface area (Å²) in [4.78, 5) is 36.2. The molecule has 0 aliphatic carbocycles. The van der Waals surface area contributed by atoms with Gasteiger partial charge in [-0.15, -0.1) is 0 Å². The molecule has 20 heavy (non-hydrogen) atoms. The number of nitrogens with one attached hydrogen (secondary N) is 1. The topological polar surface area (TPSA) is 84.9 Å². The Balaban J connectivity index is 2.69. The minimum atomic E-state index is -0.530. The van der Waals surface area contributed by atoms with Crippen LogP contribution in [0.4, 0.5) is 4.79 Å². The first-order valence-corrected chi connectivity index (χ1v) is 6.69. The molecule has 0 spiro atoms. The summed E-state index contributed by atoms with van der Waals surface area (Å²) in [5.74, 6) is -0.317. The Hall–Kier alpha value is -1.79. The number of carbonyl (C=O) groups excluding carboxylic acids is 3. The normalized spacial score (nSPS) is 22.1. The van der Waals surface area contributed by atoms with Crippen LogP contribution in [-0.2, 0) is 19.1 Å². The van der Waals surface area contributed by atoms with Crippen LogP contribution in [0.2, 0.25) is 0 Å². The quantitative estimate of drug-likeness (QED) is 0.762. The molecule has 2 unspecified atom stereocenters. The summed E-state index contributed by atoms with van der Waals surface area (Å²) in [7, 11) is 2.63. The van der Waals surface area contributed by atoms with Gasteiger partial charge in [-0.25, -0.2) is 4.79 Å². The summed E-state index contributed by atoms with van der Waals surface area (Å²) in [6.45, 7) is 2.75. The Morgan fingerprint density at radius 3 is 2.45 bits per heavy atom. The van der Waals surface area contributed by atoms with E-state index >= 15 is 0 Å². The SMILES string of the molecule is CCC(=O)N1CC(CC(=O)OC)CC(NC(=O)OC)C1. The van der Waals surface area contributed by atoms with Crippen molar-refractivity contribution >= 4 is 18.0 Å². The molecule has 0 aromatic carbocycles. The lowest BCUT2D eigenvalue weighted by molar-refractivity contribution is -0.143. The van der Waals surface area contributed by atoms with Gasteiger partial charge in [0.15, 0.2) is 0 Å². The van der Waals surface area contributed by atoms with Crippen molar-refractivity contribution in [2.24, 2.45) is 5.92 Å². The van der Waals surface area contributed by atoms with Crippen LogP contribution in [0.1, 0.15) is 26.2 Å². The number of hydrogen-bond donors (Lipinski definition) is 1. The van der Waals surface area contributed by atoms with E-state index in [9.17, 15) is 14.4 Å². The first-order chi connectivity index (χ1) is 9.49. The lowest BCUT2D eigenvalue weighted by atomic mass is 9.91. The maximum absolute atomic E-state index is 11.8. The van der Waals surface area contributed by atoms with Crippen LogP contribution >= 0.6 is 0 Å². The second-order valence-electron chi connectivity index (χ2n) is 4.87. The number of hydrogen-bond acceptors (Lipinski definition) is 5. The molecule has 1 N–H and O–H groups in total. The molecule has 0 saturated carbocycles. The van der Waals surface area contributed by atoms with E-state index in [1.165, 1.54) is 14.2 Å². The van der Waals surface area contributed by atoms with Gasteiger partial charge in [-0.05, 0) is 12.3 Å². The van der Waals surface area contributed by atoms with Crippen LogP contribution < -0.4 is 5.32 Å². The van der Waals surface area contributed by atoms with Crippen LogP contribution in [0.5, 0.6) is 0 Å². The number of likely N-dealkylation sites (tertiary alicyclic amines) is 1. The van der Waals surface area contributed by atoms with Crippen molar-refractivity contribution in [3.8, 4) is 0 Å². The summed E-state index contributed by atoms with van der Waals surface area (Å²) < 4.78 is 9.23. The van der Waals surface area contributed by atoms with Crippen molar-refractivity contribution in [3.05, 3.63) is 0 Å². The van der Waals surface area contributed by atoms with Gasteiger partial charge in [0.25, 0.3) is 0 Å².